The molecule has 5 nitrogen and oxygen atoms in total. The fourth-order valence-electron chi connectivity index (χ4n) is 1.78. The molecular weight excluding hydrogens is 206 g/mol. The number of amides is 1. The van der Waals surface area contributed by atoms with Gasteiger partial charge in [0.15, 0.2) is 0 Å². The Morgan fingerprint density at radius 1 is 1.56 bits per heavy atom. The van der Waals surface area contributed by atoms with Crippen molar-refractivity contribution < 1.29 is 9.53 Å². The molecule has 1 fully saturated rings. The normalized spacial score (nSPS) is 22.0. The number of hydrogen-bond acceptors (Lipinski definition) is 4. The predicted molar refractivity (Wildman–Crippen MR) is 63.4 cm³/mol. The van der Waals surface area contributed by atoms with Gasteiger partial charge in [0.1, 0.15) is 0 Å². The molecular formula is C11H23N3O2. The highest BCUT2D eigenvalue weighted by Crippen LogP contribution is 2.03. The predicted octanol–water partition coefficient (Wildman–Crippen LogP) is -0.567. The highest BCUT2D eigenvalue weighted by Gasteiger charge is 2.18. The van der Waals surface area contributed by atoms with Gasteiger partial charge in [-0.1, -0.05) is 6.92 Å². The lowest BCUT2D eigenvalue weighted by Crippen LogP contribution is -2.46. The van der Waals surface area contributed by atoms with E-state index in [-0.39, 0.29) is 12.0 Å². The maximum absolute atomic E-state index is 11.0. The van der Waals surface area contributed by atoms with E-state index in [1.54, 1.807) is 7.05 Å². The quantitative estimate of drug-likeness (QED) is 0.599. The Morgan fingerprint density at radius 3 is 3.06 bits per heavy atom. The zero-order valence-electron chi connectivity index (χ0n) is 10.3. The molecule has 2 N–H and O–H groups in total. The maximum atomic E-state index is 11.0. The van der Waals surface area contributed by atoms with Gasteiger partial charge in [-0.2, -0.15) is 0 Å². The number of hydrogen-bond donors (Lipinski definition) is 2. The number of ether oxygens (including phenoxy) is 1. The van der Waals surface area contributed by atoms with Gasteiger partial charge in [-0.15, -0.1) is 0 Å². The van der Waals surface area contributed by atoms with Crippen LogP contribution >= 0.6 is 0 Å². The number of nitrogens with one attached hydrogen (secondary N) is 2. The molecule has 1 heterocycles. The highest BCUT2D eigenvalue weighted by atomic mass is 16.5. The Balaban J connectivity index is 2.06. The van der Waals surface area contributed by atoms with Crippen molar-refractivity contribution in [2.45, 2.75) is 19.4 Å². The second-order valence-corrected chi connectivity index (χ2v) is 4.01. The van der Waals surface area contributed by atoms with E-state index in [0.29, 0.717) is 13.0 Å². The first-order valence-corrected chi connectivity index (χ1v) is 6.01. The van der Waals surface area contributed by atoms with Crippen LogP contribution in [0.3, 0.4) is 0 Å². The van der Waals surface area contributed by atoms with Gasteiger partial charge >= 0.3 is 0 Å². The van der Waals surface area contributed by atoms with Crippen LogP contribution in [0.15, 0.2) is 0 Å². The number of carbonyl (C=O) groups is 1. The molecule has 0 radical (unpaired) electrons. The minimum atomic E-state index is 0.0762. The van der Waals surface area contributed by atoms with Crippen LogP contribution in [-0.4, -0.2) is 63.3 Å². The lowest BCUT2D eigenvalue weighted by Gasteiger charge is -2.32. The highest BCUT2D eigenvalue weighted by molar-refractivity contribution is 5.75. The monoisotopic (exact) mass is 229 g/mol. The van der Waals surface area contributed by atoms with Crippen LogP contribution in [-0.2, 0) is 9.53 Å². The summed E-state index contributed by atoms with van der Waals surface area (Å²) >= 11 is 0. The van der Waals surface area contributed by atoms with Gasteiger partial charge < -0.3 is 15.4 Å². The molecule has 5 heteroatoms. The third-order valence-electron chi connectivity index (χ3n) is 2.85. The summed E-state index contributed by atoms with van der Waals surface area (Å²) in [6.07, 6.45) is 0.791. The Morgan fingerprint density at radius 2 is 2.38 bits per heavy atom. The first-order chi connectivity index (χ1) is 7.76. The maximum Gasteiger partial charge on any atom is 0.221 e. The molecule has 1 saturated heterocycles. The molecule has 1 aliphatic heterocycles. The summed E-state index contributed by atoms with van der Waals surface area (Å²) in [4.78, 5) is 13.4. The van der Waals surface area contributed by atoms with Crippen molar-refractivity contribution in [1.29, 1.82) is 0 Å². The second-order valence-electron chi connectivity index (χ2n) is 4.01. The Bertz CT molecular complexity index is 211. The largest absolute Gasteiger partial charge is 0.374 e. The van der Waals surface area contributed by atoms with Crippen molar-refractivity contribution in [2.24, 2.45) is 0 Å². The van der Waals surface area contributed by atoms with Gasteiger partial charge in [-0.3, -0.25) is 9.69 Å². The second kappa shape index (κ2) is 7.60. The van der Waals surface area contributed by atoms with Crippen LogP contribution in [0.5, 0.6) is 0 Å². The molecule has 1 unspecified atom stereocenters. The number of carbonyl (C=O) groups excluding carboxylic acids is 1. The average Bonchev–Trinajstić information content (AvgIpc) is 2.34. The number of rotatable bonds is 6. The van der Waals surface area contributed by atoms with Crippen molar-refractivity contribution in [1.82, 2.24) is 15.5 Å². The summed E-state index contributed by atoms with van der Waals surface area (Å²) < 4.78 is 5.64. The number of likely N-dealkylation sites (N-methyl/N-ethyl adjacent to an activating group) is 1. The molecule has 0 aliphatic carbocycles. The van der Waals surface area contributed by atoms with Gasteiger partial charge in [0.05, 0.1) is 12.7 Å². The summed E-state index contributed by atoms with van der Waals surface area (Å²) in [5.41, 5.74) is 0. The molecule has 0 saturated carbocycles. The molecule has 16 heavy (non-hydrogen) atoms. The van der Waals surface area contributed by atoms with Crippen LogP contribution in [0.2, 0.25) is 0 Å². The van der Waals surface area contributed by atoms with Gasteiger partial charge in [0.2, 0.25) is 5.91 Å². The minimum absolute atomic E-state index is 0.0762. The molecule has 0 aromatic rings. The summed E-state index contributed by atoms with van der Waals surface area (Å²) in [7, 11) is 1.66. The van der Waals surface area contributed by atoms with E-state index in [2.05, 4.69) is 22.5 Å². The van der Waals surface area contributed by atoms with E-state index in [1.807, 2.05) is 0 Å². The van der Waals surface area contributed by atoms with Crippen LogP contribution in [0.1, 0.15) is 13.3 Å². The van der Waals surface area contributed by atoms with Crippen LogP contribution in [0.4, 0.5) is 0 Å². The third-order valence-corrected chi connectivity index (χ3v) is 2.85. The van der Waals surface area contributed by atoms with E-state index in [0.717, 1.165) is 32.8 Å². The zero-order chi connectivity index (χ0) is 11.8. The number of nitrogens with zero attached hydrogens (tertiary/aromatic N) is 1. The van der Waals surface area contributed by atoms with Crippen molar-refractivity contribution in [3.05, 3.63) is 0 Å². The summed E-state index contributed by atoms with van der Waals surface area (Å²) in [6, 6.07) is 0. The summed E-state index contributed by atoms with van der Waals surface area (Å²) in [5.74, 6) is 0.0762. The third kappa shape index (κ3) is 4.92. The molecule has 0 spiro atoms. The first kappa shape index (κ1) is 13.4. The lowest BCUT2D eigenvalue weighted by molar-refractivity contribution is -0.120. The Labute approximate surface area is 97.5 Å². The SMILES string of the molecule is CCN1CCOC(CNCCC(=O)NC)C1. The van der Waals surface area contributed by atoms with Crippen LogP contribution in [0.25, 0.3) is 0 Å². The average molecular weight is 229 g/mol. The van der Waals surface area contributed by atoms with Crippen molar-refractivity contribution in [3.63, 3.8) is 0 Å². The Kier molecular flexibility index (Phi) is 6.37. The van der Waals surface area contributed by atoms with Gasteiger partial charge in [-0.25, -0.2) is 0 Å². The topological polar surface area (TPSA) is 53.6 Å². The van der Waals surface area contributed by atoms with E-state index in [9.17, 15) is 4.79 Å². The molecule has 94 valence electrons. The van der Waals surface area contributed by atoms with Crippen LogP contribution in [0, 0.1) is 0 Å². The van der Waals surface area contributed by atoms with Gasteiger partial charge in [0.25, 0.3) is 0 Å². The fraction of sp³-hybridized carbons (Fsp3) is 0.909. The molecule has 1 atom stereocenters. The standard InChI is InChI=1S/C11H23N3O2/c1-3-14-6-7-16-10(9-14)8-13-5-4-11(15)12-2/h10,13H,3-9H2,1-2H3,(H,12,15). The molecule has 0 aromatic heterocycles. The van der Waals surface area contributed by atoms with E-state index < -0.39 is 0 Å². The van der Waals surface area contributed by atoms with E-state index >= 15 is 0 Å². The Hall–Kier alpha value is -0.650. The first-order valence-electron chi connectivity index (χ1n) is 6.01. The van der Waals surface area contributed by atoms with Crippen LogP contribution < -0.4 is 10.6 Å². The van der Waals surface area contributed by atoms with Crippen molar-refractivity contribution in [3.8, 4) is 0 Å². The van der Waals surface area contributed by atoms with Gasteiger partial charge in [-0.05, 0) is 6.54 Å². The van der Waals surface area contributed by atoms with Crippen molar-refractivity contribution >= 4 is 5.91 Å². The van der Waals surface area contributed by atoms with E-state index in [1.165, 1.54) is 0 Å². The molecule has 0 bridgehead atoms. The minimum Gasteiger partial charge on any atom is -0.374 e. The molecule has 1 aliphatic rings. The van der Waals surface area contributed by atoms with Gasteiger partial charge in [0, 0.05) is 39.6 Å². The van der Waals surface area contributed by atoms with E-state index in [4.69, 9.17) is 4.74 Å². The smallest absolute Gasteiger partial charge is 0.221 e. The van der Waals surface area contributed by atoms with Crippen molar-refractivity contribution in [2.75, 3.05) is 46.4 Å². The molecule has 1 rings (SSSR count). The molecule has 1 amide bonds. The lowest BCUT2D eigenvalue weighted by atomic mass is 10.2. The zero-order valence-corrected chi connectivity index (χ0v) is 10.3. The summed E-state index contributed by atoms with van der Waals surface area (Å²) in [5, 5.41) is 5.85. The molecule has 0 aromatic carbocycles. The fourth-order valence-corrected chi connectivity index (χ4v) is 1.78. The summed E-state index contributed by atoms with van der Waals surface area (Å²) in [6.45, 7) is 7.63. The number of morpholine rings is 1.